The van der Waals surface area contributed by atoms with E-state index in [2.05, 4.69) is 10.0 Å². The van der Waals surface area contributed by atoms with Gasteiger partial charge in [0, 0.05) is 12.1 Å². The van der Waals surface area contributed by atoms with E-state index in [1.54, 1.807) is 12.1 Å². The van der Waals surface area contributed by atoms with E-state index in [-0.39, 0.29) is 40.5 Å². The van der Waals surface area contributed by atoms with E-state index in [9.17, 15) is 27.6 Å². The zero-order chi connectivity index (χ0) is 23.2. The summed E-state index contributed by atoms with van der Waals surface area (Å²) in [5.41, 5.74) is 1.18. The van der Waals surface area contributed by atoms with Crippen LogP contribution in [0, 0.1) is 0 Å². The molecule has 0 spiro atoms. The van der Waals surface area contributed by atoms with Gasteiger partial charge in [0.25, 0.3) is 21.8 Å². The molecule has 4 amide bonds. The van der Waals surface area contributed by atoms with Crippen molar-refractivity contribution in [1.82, 2.24) is 10.2 Å². The fourth-order valence-electron chi connectivity index (χ4n) is 3.78. The molecule has 1 atom stereocenters. The Labute approximate surface area is 184 Å². The van der Waals surface area contributed by atoms with E-state index in [0.29, 0.717) is 0 Å². The second-order valence-electron chi connectivity index (χ2n) is 8.04. The number of amides is 4. The van der Waals surface area contributed by atoms with Crippen molar-refractivity contribution >= 4 is 39.3 Å². The summed E-state index contributed by atoms with van der Waals surface area (Å²) in [4.78, 5) is 50.0. The van der Waals surface area contributed by atoms with Crippen LogP contribution in [0.3, 0.4) is 0 Å². The number of benzene rings is 2. The number of hydrogen-bond donors (Lipinski definition) is 2. The average Bonchev–Trinajstić information content (AvgIpc) is 2.98. The number of sulfonamides is 1. The molecule has 9 nitrogen and oxygen atoms in total. The molecule has 166 valence electrons. The lowest BCUT2D eigenvalue weighted by Crippen LogP contribution is -2.54. The molecule has 32 heavy (non-hydrogen) atoms. The highest BCUT2D eigenvalue weighted by Gasteiger charge is 2.44. The van der Waals surface area contributed by atoms with Crippen LogP contribution in [0.5, 0.6) is 0 Å². The number of fused-ring (bicyclic) bond motifs is 1. The molecule has 2 N–H and O–H groups in total. The first-order valence-corrected chi connectivity index (χ1v) is 11.5. The standard InChI is InChI=1S/C22H21N3O6S/c1-12(2)13-3-6-15(7-4-13)32(30,31)24-14-5-8-16-17(11-14)22(29)25(21(16)28)18-9-10-19(26)23-20(18)27/h3-8,11-12,18,24H,9-10H2,1-2H3,(H,23,26,27). The van der Waals surface area contributed by atoms with Crippen LogP contribution in [-0.4, -0.2) is 43.0 Å². The molecule has 0 saturated carbocycles. The van der Waals surface area contributed by atoms with Crippen LogP contribution < -0.4 is 10.0 Å². The second kappa shape index (κ2) is 7.86. The van der Waals surface area contributed by atoms with Gasteiger partial charge in [-0.25, -0.2) is 8.42 Å². The molecular weight excluding hydrogens is 434 g/mol. The Hall–Kier alpha value is -3.53. The molecule has 4 rings (SSSR count). The summed E-state index contributed by atoms with van der Waals surface area (Å²) in [5, 5.41) is 2.13. The van der Waals surface area contributed by atoms with E-state index in [1.807, 2.05) is 13.8 Å². The predicted molar refractivity (Wildman–Crippen MR) is 114 cm³/mol. The molecule has 0 bridgehead atoms. The Kier molecular flexibility index (Phi) is 5.33. The number of imide groups is 2. The van der Waals surface area contributed by atoms with Gasteiger partial charge in [0.2, 0.25) is 11.8 Å². The smallest absolute Gasteiger partial charge is 0.262 e. The van der Waals surface area contributed by atoms with Crippen molar-refractivity contribution in [3.05, 3.63) is 59.2 Å². The number of hydrogen-bond acceptors (Lipinski definition) is 6. The van der Waals surface area contributed by atoms with Crippen LogP contribution in [0.15, 0.2) is 47.4 Å². The lowest BCUT2D eigenvalue weighted by atomic mass is 10.0. The molecule has 1 fully saturated rings. The molecule has 0 aliphatic carbocycles. The Morgan fingerprint density at radius 1 is 0.969 bits per heavy atom. The number of anilines is 1. The summed E-state index contributed by atoms with van der Waals surface area (Å²) >= 11 is 0. The summed E-state index contributed by atoms with van der Waals surface area (Å²) in [7, 11) is -3.91. The first kappa shape index (κ1) is 21.7. The third-order valence-corrected chi connectivity index (χ3v) is 6.95. The molecule has 0 aromatic heterocycles. The van der Waals surface area contributed by atoms with Gasteiger partial charge in [-0.05, 0) is 48.2 Å². The molecule has 2 heterocycles. The molecular formula is C22H21N3O6S. The summed E-state index contributed by atoms with van der Waals surface area (Å²) in [6, 6.07) is 9.42. The molecule has 2 aliphatic rings. The fraction of sp³-hybridized carbons (Fsp3) is 0.273. The SMILES string of the molecule is CC(C)c1ccc(S(=O)(=O)Nc2ccc3c(c2)C(=O)N(C2CCC(=O)NC2=O)C3=O)cc1. The predicted octanol–water partition coefficient (Wildman–Crippen LogP) is 2.01. The third-order valence-electron chi connectivity index (χ3n) is 5.55. The average molecular weight is 455 g/mol. The minimum absolute atomic E-state index is 0.00458. The van der Waals surface area contributed by atoms with Crippen molar-refractivity contribution in [2.45, 2.75) is 43.5 Å². The Bertz CT molecular complexity index is 1250. The molecule has 1 unspecified atom stereocenters. The summed E-state index contributed by atoms with van der Waals surface area (Å²) in [6.07, 6.45) is 0.0620. The fourth-order valence-corrected chi connectivity index (χ4v) is 4.83. The van der Waals surface area contributed by atoms with Crippen molar-refractivity contribution in [2.75, 3.05) is 4.72 Å². The molecule has 1 saturated heterocycles. The van der Waals surface area contributed by atoms with Crippen LogP contribution in [0.25, 0.3) is 0 Å². The number of carbonyl (C=O) groups excluding carboxylic acids is 4. The monoisotopic (exact) mass is 455 g/mol. The van der Waals surface area contributed by atoms with Gasteiger partial charge in [0.15, 0.2) is 0 Å². The van der Waals surface area contributed by atoms with Crippen molar-refractivity contribution in [1.29, 1.82) is 0 Å². The zero-order valence-corrected chi connectivity index (χ0v) is 18.2. The van der Waals surface area contributed by atoms with Crippen molar-refractivity contribution < 1.29 is 27.6 Å². The normalized spacial score (nSPS) is 18.7. The van der Waals surface area contributed by atoms with Crippen molar-refractivity contribution in [3.63, 3.8) is 0 Å². The van der Waals surface area contributed by atoms with Crippen LogP contribution in [0.2, 0.25) is 0 Å². The maximum Gasteiger partial charge on any atom is 0.262 e. The quantitative estimate of drug-likeness (QED) is 0.664. The second-order valence-corrected chi connectivity index (χ2v) is 9.72. The van der Waals surface area contributed by atoms with Crippen LogP contribution in [-0.2, 0) is 19.6 Å². The van der Waals surface area contributed by atoms with Gasteiger partial charge >= 0.3 is 0 Å². The van der Waals surface area contributed by atoms with E-state index in [0.717, 1.165) is 10.5 Å². The van der Waals surface area contributed by atoms with Gasteiger partial charge in [0.1, 0.15) is 6.04 Å². The van der Waals surface area contributed by atoms with Crippen molar-refractivity contribution in [2.24, 2.45) is 0 Å². The van der Waals surface area contributed by atoms with Gasteiger partial charge in [0.05, 0.1) is 16.0 Å². The highest BCUT2D eigenvalue weighted by atomic mass is 32.2. The number of rotatable bonds is 5. The maximum atomic E-state index is 12.9. The summed E-state index contributed by atoms with van der Waals surface area (Å²) in [5.74, 6) is -2.27. The third kappa shape index (κ3) is 3.77. The van der Waals surface area contributed by atoms with Gasteiger partial charge < -0.3 is 0 Å². The first-order chi connectivity index (χ1) is 15.1. The Morgan fingerprint density at radius 3 is 2.25 bits per heavy atom. The van der Waals surface area contributed by atoms with Crippen LogP contribution in [0.4, 0.5) is 5.69 Å². The van der Waals surface area contributed by atoms with E-state index in [1.165, 1.54) is 30.3 Å². The highest BCUT2D eigenvalue weighted by molar-refractivity contribution is 7.92. The van der Waals surface area contributed by atoms with E-state index in [4.69, 9.17) is 0 Å². The highest BCUT2D eigenvalue weighted by Crippen LogP contribution is 2.30. The number of piperidine rings is 1. The van der Waals surface area contributed by atoms with E-state index < -0.39 is 39.7 Å². The molecule has 2 aliphatic heterocycles. The van der Waals surface area contributed by atoms with E-state index >= 15 is 0 Å². The Morgan fingerprint density at radius 2 is 1.62 bits per heavy atom. The van der Waals surface area contributed by atoms with Crippen LogP contribution in [0.1, 0.15) is 58.9 Å². The lowest BCUT2D eigenvalue weighted by molar-refractivity contribution is -0.136. The summed E-state index contributed by atoms with van der Waals surface area (Å²) < 4.78 is 27.9. The van der Waals surface area contributed by atoms with Gasteiger partial charge in [-0.3, -0.25) is 34.1 Å². The first-order valence-electron chi connectivity index (χ1n) is 10.1. The molecule has 2 aromatic carbocycles. The lowest BCUT2D eigenvalue weighted by Gasteiger charge is -2.27. The minimum Gasteiger partial charge on any atom is -0.295 e. The number of nitrogens with zero attached hydrogens (tertiary/aromatic N) is 1. The van der Waals surface area contributed by atoms with Crippen molar-refractivity contribution in [3.8, 4) is 0 Å². The maximum absolute atomic E-state index is 12.9. The van der Waals surface area contributed by atoms with Gasteiger partial charge in [-0.15, -0.1) is 0 Å². The van der Waals surface area contributed by atoms with Gasteiger partial charge in [-0.1, -0.05) is 26.0 Å². The minimum atomic E-state index is -3.91. The zero-order valence-electron chi connectivity index (χ0n) is 17.4. The number of nitrogens with one attached hydrogen (secondary N) is 2. The summed E-state index contributed by atoms with van der Waals surface area (Å²) in [6.45, 7) is 4.01. The largest absolute Gasteiger partial charge is 0.295 e. The van der Waals surface area contributed by atoms with Gasteiger partial charge in [-0.2, -0.15) is 0 Å². The topological polar surface area (TPSA) is 130 Å². The molecule has 10 heteroatoms. The molecule has 2 aromatic rings. The Balaban J connectivity index is 1.58. The number of carbonyl (C=O) groups is 4. The van der Waals surface area contributed by atoms with Crippen LogP contribution >= 0.6 is 0 Å². The molecule has 0 radical (unpaired) electrons.